The molecule has 2 rings (SSSR count). The third-order valence-corrected chi connectivity index (χ3v) is 2.45. The fraction of sp³-hybridized carbons (Fsp3) is 0.200. The highest BCUT2D eigenvalue weighted by atomic mass is 35.5. The number of rotatable bonds is 3. The highest BCUT2D eigenvalue weighted by Crippen LogP contribution is 2.28. The van der Waals surface area contributed by atoms with E-state index in [1.165, 1.54) is 0 Å². The van der Waals surface area contributed by atoms with E-state index in [-0.39, 0.29) is 0 Å². The Hall–Kier alpha value is -1.59. The minimum Gasteiger partial charge on any atom is -0.497 e. The number of nitrogens with two attached hydrogens (primary N) is 1. The Kier molecular flexibility index (Phi) is 3.07. The standard InChI is InChI=1S/C10H11ClN4O/c1-16-6-2-3-7(8(11)4-6)10-13-9(5-12)14-15-10/h2-4H,5,12H2,1H3,(H,13,14,15). The van der Waals surface area contributed by atoms with Gasteiger partial charge in [-0.05, 0) is 18.2 Å². The second-order valence-electron chi connectivity index (χ2n) is 3.16. The molecule has 0 fully saturated rings. The molecule has 0 amide bonds. The van der Waals surface area contributed by atoms with Crippen LogP contribution in [0.3, 0.4) is 0 Å². The zero-order chi connectivity index (χ0) is 11.5. The van der Waals surface area contributed by atoms with Crippen LogP contribution in [0.2, 0.25) is 5.02 Å². The van der Waals surface area contributed by atoms with Gasteiger partial charge < -0.3 is 10.5 Å². The SMILES string of the molecule is COc1ccc(-c2n[nH]c(CN)n2)c(Cl)c1. The lowest BCUT2D eigenvalue weighted by molar-refractivity contribution is 0.415. The first kappa shape index (κ1) is 10.9. The van der Waals surface area contributed by atoms with Crippen molar-refractivity contribution in [2.24, 2.45) is 5.73 Å². The van der Waals surface area contributed by atoms with Crippen LogP contribution < -0.4 is 10.5 Å². The van der Waals surface area contributed by atoms with E-state index in [1.807, 2.05) is 6.07 Å². The van der Waals surface area contributed by atoms with E-state index in [2.05, 4.69) is 15.2 Å². The summed E-state index contributed by atoms with van der Waals surface area (Å²) in [5, 5.41) is 7.31. The van der Waals surface area contributed by atoms with Crippen molar-refractivity contribution >= 4 is 11.6 Å². The first-order chi connectivity index (χ1) is 7.74. The maximum Gasteiger partial charge on any atom is 0.182 e. The fourth-order valence-electron chi connectivity index (χ4n) is 1.31. The van der Waals surface area contributed by atoms with Gasteiger partial charge >= 0.3 is 0 Å². The number of nitrogens with one attached hydrogen (secondary N) is 1. The van der Waals surface area contributed by atoms with Gasteiger partial charge in [-0.3, -0.25) is 5.10 Å². The maximum atomic E-state index is 6.09. The van der Waals surface area contributed by atoms with E-state index in [0.29, 0.717) is 29.0 Å². The zero-order valence-corrected chi connectivity index (χ0v) is 9.45. The molecule has 0 aliphatic rings. The number of methoxy groups -OCH3 is 1. The molecule has 0 aliphatic carbocycles. The molecule has 0 atom stereocenters. The van der Waals surface area contributed by atoms with Crippen molar-refractivity contribution in [3.8, 4) is 17.1 Å². The molecule has 3 N–H and O–H groups in total. The largest absolute Gasteiger partial charge is 0.497 e. The second kappa shape index (κ2) is 4.51. The van der Waals surface area contributed by atoms with E-state index in [9.17, 15) is 0 Å². The first-order valence-corrected chi connectivity index (χ1v) is 5.07. The highest BCUT2D eigenvalue weighted by molar-refractivity contribution is 6.33. The Morgan fingerprint density at radius 3 is 2.88 bits per heavy atom. The summed E-state index contributed by atoms with van der Waals surface area (Å²) in [5.41, 5.74) is 6.19. The molecular formula is C10H11ClN4O. The third kappa shape index (κ3) is 2.00. The summed E-state index contributed by atoms with van der Waals surface area (Å²) in [7, 11) is 1.59. The molecule has 6 heteroatoms. The van der Waals surface area contributed by atoms with Crippen LogP contribution in [0, 0.1) is 0 Å². The summed E-state index contributed by atoms with van der Waals surface area (Å²) in [4.78, 5) is 4.20. The van der Waals surface area contributed by atoms with E-state index in [1.54, 1.807) is 19.2 Å². The third-order valence-electron chi connectivity index (χ3n) is 2.14. The van der Waals surface area contributed by atoms with Crippen molar-refractivity contribution < 1.29 is 4.74 Å². The van der Waals surface area contributed by atoms with E-state index >= 15 is 0 Å². The van der Waals surface area contributed by atoms with Crippen molar-refractivity contribution in [2.45, 2.75) is 6.54 Å². The molecule has 0 spiro atoms. The van der Waals surface area contributed by atoms with Crippen molar-refractivity contribution in [1.29, 1.82) is 0 Å². The number of halogens is 1. The molecule has 1 aromatic carbocycles. The second-order valence-corrected chi connectivity index (χ2v) is 3.56. The monoisotopic (exact) mass is 238 g/mol. The van der Waals surface area contributed by atoms with Crippen molar-refractivity contribution in [3.05, 3.63) is 29.0 Å². The average molecular weight is 239 g/mol. The molecule has 5 nitrogen and oxygen atoms in total. The number of hydrogen-bond acceptors (Lipinski definition) is 4. The molecular weight excluding hydrogens is 228 g/mol. The van der Waals surface area contributed by atoms with Crippen LogP contribution in [0.15, 0.2) is 18.2 Å². The predicted octanol–water partition coefficient (Wildman–Crippen LogP) is 1.59. The van der Waals surface area contributed by atoms with E-state index in [4.69, 9.17) is 22.1 Å². The predicted molar refractivity (Wildman–Crippen MR) is 61.3 cm³/mol. The van der Waals surface area contributed by atoms with Gasteiger partial charge in [-0.15, -0.1) is 0 Å². The minimum atomic E-state index is 0.320. The number of aromatic amines is 1. The Balaban J connectivity index is 2.40. The number of ether oxygens (including phenoxy) is 1. The van der Waals surface area contributed by atoms with Gasteiger partial charge in [0.25, 0.3) is 0 Å². The summed E-state index contributed by atoms with van der Waals surface area (Å²) in [6.45, 7) is 0.320. The van der Waals surface area contributed by atoms with Gasteiger partial charge in [0.2, 0.25) is 0 Å². The molecule has 0 radical (unpaired) electrons. The van der Waals surface area contributed by atoms with Crippen LogP contribution in [0.4, 0.5) is 0 Å². The smallest absolute Gasteiger partial charge is 0.182 e. The Morgan fingerprint density at radius 2 is 2.31 bits per heavy atom. The number of aromatic nitrogens is 3. The van der Waals surface area contributed by atoms with Crippen LogP contribution in [-0.4, -0.2) is 22.3 Å². The fourth-order valence-corrected chi connectivity index (χ4v) is 1.57. The lowest BCUT2D eigenvalue weighted by Gasteiger charge is -2.02. The van der Waals surface area contributed by atoms with Crippen molar-refractivity contribution in [1.82, 2.24) is 15.2 Å². The van der Waals surface area contributed by atoms with E-state index in [0.717, 1.165) is 5.56 Å². The molecule has 0 bridgehead atoms. The molecule has 0 saturated heterocycles. The summed E-state index contributed by atoms with van der Waals surface area (Å²) >= 11 is 6.09. The first-order valence-electron chi connectivity index (χ1n) is 4.70. The molecule has 0 unspecified atom stereocenters. The molecule has 0 aliphatic heterocycles. The minimum absolute atomic E-state index is 0.320. The Bertz CT molecular complexity index is 497. The van der Waals surface area contributed by atoms with Gasteiger partial charge in [-0.25, -0.2) is 4.98 Å². The number of hydrogen-bond donors (Lipinski definition) is 2. The molecule has 0 saturated carbocycles. The quantitative estimate of drug-likeness (QED) is 0.852. The summed E-state index contributed by atoms with van der Waals surface area (Å²) in [6, 6.07) is 5.33. The average Bonchev–Trinajstić information content (AvgIpc) is 2.77. The normalized spacial score (nSPS) is 10.4. The van der Waals surface area contributed by atoms with Crippen molar-refractivity contribution in [2.75, 3.05) is 7.11 Å². The van der Waals surface area contributed by atoms with Gasteiger partial charge in [-0.2, -0.15) is 5.10 Å². The molecule has 2 aromatic rings. The highest BCUT2D eigenvalue weighted by Gasteiger charge is 2.09. The topological polar surface area (TPSA) is 76.8 Å². The molecule has 84 valence electrons. The van der Waals surface area contributed by atoms with Gasteiger partial charge in [0.15, 0.2) is 5.82 Å². The van der Waals surface area contributed by atoms with Gasteiger partial charge in [0.1, 0.15) is 11.6 Å². The van der Waals surface area contributed by atoms with Crippen LogP contribution in [-0.2, 0) is 6.54 Å². The molecule has 16 heavy (non-hydrogen) atoms. The van der Waals surface area contributed by atoms with Crippen molar-refractivity contribution in [3.63, 3.8) is 0 Å². The van der Waals surface area contributed by atoms with Gasteiger partial charge in [0, 0.05) is 5.56 Å². The maximum absolute atomic E-state index is 6.09. The molecule has 1 heterocycles. The van der Waals surface area contributed by atoms with Crippen LogP contribution in [0.5, 0.6) is 5.75 Å². The number of benzene rings is 1. The van der Waals surface area contributed by atoms with Gasteiger partial charge in [0.05, 0.1) is 18.7 Å². The van der Waals surface area contributed by atoms with Gasteiger partial charge in [-0.1, -0.05) is 11.6 Å². The lowest BCUT2D eigenvalue weighted by Crippen LogP contribution is -1.97. The summed E-state index contributed by atoms with van der Waals surface area (Å²) in [5.74, 6) is 1.86. The molecule has 1 aromatic heterocycles. The number of H-pyrrole nitrogens is 1. The summed E-state index contributed by atoms with van der Waals surface area (Å²) in [6.07, 6.45) is 0. The number of nitrogens with zero attached hydrogens (tertiary/aromatic N) is 2. The van der Waals surface area contributed by atoms with E-state index < -0.39 is 0 Å². The summed E-state index contributed by atoms with van der Waals surface area (Å²) < 4.78 is 5.06. The Morgan fingerprint density at radius 1 is 1.50 bits per heavy atom. The van der Waals surface area contributed by atoms with Crippen LogP contribution in [0.1, 0.15) is 5.82 Å². The van der Waals surface area contributed by atoms with Crippen LogP contribution in [0.25, 0.3) is 11.4 Å². The Labute approximate surface area is 97.6 Å². The zero-order valence-electron chi connectivity index (χ0n) is 8.70. The lowest BCUT2D eigenvalue weighted by atomic mass is 10.2. The van der Waals surface area contributed by atoms with Crippen LogP contribution >= 0.6 is 11.6 Å².